The maximum absolute atomic E-state index is 6.19. The second-order valence-corrected chi connectivity index (χ2v) is 5.49. The largest absolute Gasteiger partial charge is 0.307 e. The van der Waals surface area contributed by atoms with Crippen LogP contribution in [0.15, 0.2) is 11.4 Å². The third kappa shape index (κ3) is 1.97. The summed E-state index contributed by atoms with van der Waals surface area (Å²) in [5.41, 5.74) is 0.113. The molecule has 1 aliphatic heterocycles. The van der Waals surface area contributed by atoms with Crippen molar-refractivity contribution in [3.8, 4) is 0 Å². The summed E-state index contributed by atoms with van der Waals surface area (Å²) < 4.78 is 0. The Kier molecular flexibility index (Phi) is 3.15. The zero-order valence-corrected chi connectivity index (χ0v) is 10.0. The van der Waals surface area contributed by atoms with E-state index >= 15 is 0 Å². The van der Waals surface area contributed by atoms with Gasteiger partial charge >= 0.3 is 0 Å². The molecular formula is C11H16ClNS. The lowest BCUT2D eigenvalue weighted by atomic mass is 9.94. The number of hydrogen-bond acceptors (Lipinski definition) is 2. The van der Waals surface area contributed by atoms with E-state index in [0.29, 0.717) is 0 Å². The maximum atomic E-state index is 6.19. The highest BCUT2D eigenvalue weighted by atomic mass is 35.5. The summed E-state index contributed by atoms with van der Waals surface area (Å²) in [6, 6.07) is 2.00. The van der Waals surface area contributed by atoms with E-state index in [4.69, 9.17) is 11.6 Å². The van der Waals surface area contributed by atoms with Crippen LogP contribution in [-0.4, -0.2) is 6.54 Å². The highest BCUT2D eigenvalue weighted by Gasteiger charge is 2.30. The lowest BCUT2D eigenvalue weighted by Crippen LogP contribution is -2.38. The molecular weight excluding hydrogens is 214 g/mol. The van der Waals surface area contributed by atoms with Gasteiger partial charge in [0.05, 0.1) is 10.6 Å². The van der Waals surface area contributed by atoms with Crippen LogP contribution in [0.1, 0.15) is 37.5 Å². The van der Waals surface area contributed by atoms with Gasteiger partial charge in [0, 0.05) is 4.88 Å². The van der Waals surface area contributed by atoms with E-state index in [1.165, 1.54) is 30.6 Å². The Morgan fingerprint density at radius 3 is 3.00 bits per heavy atom. The van der Waals surface area contributed by atoms with Crippen molar-refractivity contribution in [1.29, 1.82) is 0 Å². The number of thiophene rings is 1. The summed E-state index contributed by atoms with van der Waals surface area (Å²) in [4.78, 5) is 1.31. The van der Waals surface area contributed by atoms with Crippen LogP contribution in [0.4, 0.5) is 0 Å². The van der Waals surface area contributed by atoms with Crippen LogP contribution in [-0.2, 0) is 5.54 Å². The topological polar surface area (TPSA) is 12.0 Å². The molecule has 0 bridgehead atoms. The molecule has 1 saturated heterocycles. The quantitative estimate of drug-likeness (QED) is 0.773. The molecule has 1 atom stereocenters. The summed E-state index contributed by atoms with van der Waals surface area (Å²) in [5, 5.41) is 6.63. The summed E-state index contributed by atoms with van der Waals surface area (Å²) in [6.07, 6.45) is 5.13. The van der Waals surface area contributed by atoms with E-state index in [1.54, 1.807) is 11.3 Å². The molecule has 1 fully saturated rings. The molecule has 14 heavy (non-hydrogen) atoms. The Morgan fingerprint density at radius 2 is 2.29 bits per heavy atom. The standard InChI is InChI=1S/C11H16ClNS/c1-11(6-3-2-4-7-13-11)10-9(12)5-8-14-10/h5,8,13H,2-4,6-7H2,1H3. The van der Waals surface area contributed by atoms with Crippen molar-refractivity contribution in [2.45, 2.75) is 38.1 Å². The first-order chi connectivity index (χ1) is 6.72. The molecule has 3 heteroatoms. The van der Waals surface area contributed by atoms with E-state index in [1.807, 2.05) is 6.07 Å². The van der Waals surface area contributed by atoms with Crippen LogP contribution in [0.25, 0.3) is 0 Å². The SMILES string of the molecule is CC1(c2sccc2Cl)CCCCCN1. The van der Waals surface area contributed by atoms with E-state index < -0.39 is 0 Å². The van der Waals surface area contributed by atoms with Crippen molar-refractivity contribution in [3.05, 3.63) is 21.3 Å². The van der Waals surface area contributed by atoms with Crippen LogP contribution >= 0.6 is 22.9 Å². The van der Waals surface area contributed by atoms with Crippen molar-refractivity contribution in [2.24, 2.45) is 0 Å². The highest BCUT2D eigenvalue weighted by molar-refractivity contribution is 7.10. The van der Waals surface area contributed by atoms with Crippen molar-refractivity contribution < 1.29 is 0 Å². The van der Waals surface area contributed by atoms with E-state index in [2.05, 4.69) is 17.6 Å². The molecule has 0 aromatic carbocycles. The second-order valence-electron chi connectivity index (χ2n) is 4.17. The normalized spacial score (nSPS) is 28.7. The predicted octanol–water partition coefficient (Wildman–Crippen LogP) is 3.78. The first-order valence-corrected chi connectivity index (χ1v) is 6.47. The third-order valence-corrected chi connectivity index (χ3v) is 4.59. The Balaban J connectivity index is 2.25. The summed E-state index contributed by atoms with van der Waals surface area (Å²) >= 11 is 7.96. The van der Waals surface area contributed by atoms with Crippen LogP contribution in [0.2, 0.25) is 5.02 Å². The Hall–Kier alpha value is -0.0500. The zero-order chi connectivity index (χ0) is 10.0. The maximum Gasteiger partial charge on any atom is 0.0564 e. The van der Waals surface area contributed by atoms with Gasteiger partial charge in [-0.05, 0) is 37.8 Å². The fraction of sp³-hybridized carbons (Fsp3) is 0.636. The molecule has 0 spiro atoms. The van der Waals surface area contributed by atoms with Gasteiger partial charge in [0.15, 0.2) is 0 Å². The van der Waals surface area contributed by atoms with Gasteiger partial charge in [-0.2, -0.15) is 0 Å². The van der Waals surface area contributed by atoms with Gasteiger partial charge in [-0.15, -0.1) is 11.3 Å². The van der Waals surface area contributed by atoms with Gasteiger partial charge in [-0.1, -0.05) is 24.4 Å². The molecule has 1 aromatic heterocycles. The van der Waals surface area contributed by atoms with Crippen LogP contribution in [0, 0.1) is 0 Å². The molecule has 2 heterocycles. The lowest BCUT2D eigenvalue weighted by molar-refractivity contribution is 0.367. The Labute approximate surface area is 94.5 Å². The molecule has 1 N–H and O–H groups in total. The monoisotopic (exact) mass is 229 g/mol. The molecule has 0 saturated carbocycles. The predicted molar refractivity (Wildman–Crippen MR) is 63.2 cm³/mol. The second kappa shape index (κ2) is 4.21. The summed E-state index contributed by atoms with van der Waals surface area (Å²) in [6.45, 7) is 3.39. The van der Waals surface area contributed by atoms with Gasteiger partial charge < -0.3 is 5.32 Å². The first-order valence-electron chi connectivity index (χ1n) is 5.21. The molecule has 1 aliphatic rings. The molecule has 1 unspecified atom stereocenters. The fourth-order valence-corrected chi connectivity index (χ4v) is 3.55. The van der Waals surface area contributed by atoms with Gasteiger partial charge in [0.2, 0.25) is 0 Å². The molecule has 0 amide bonds. The van der Waals surface area contributed by atoms with Crippen molar-refractivity contribution in [1.82, 2.24) is 5.32 Å². The van der Waals surface area contributed by atoms with Crippen molar-refractivity contribution in [3.63, 3.8) is 0 Å². The van der Waals surface area contributed by atoms with E-state index in [0.717, 1.165) is 11.6 Å². The Morgan fingerprint density at radius 1 is 1.43 bits per heavy atom. The van der Waals surface area contributed by atoms with Gasteiger partial charge in [-0.25, -0.2) is 0 Å². The minimum Gasteiger partial charge on any atom is -0.307 e. The molecule has 1 aromatic rings. The van der Waals surface area contributed by atoms with Crippen LogP contribution in [0.5, 0.6) is 0 Å². The molecule has 0 radical (unpaired) electrons. The minimum atomic E-state index is 0.113. The number of hydrogen-bond donors (Lipinski definition) is 1. The zero-order valence-electron chi connectivity index (χ0n) is 8.48. The Bertz CT molecular complexity index is 300. The molecule has 0 aliphatic carbocycles. The molecule has 78 valence electrons. The number of nitrogens with one attached hydrogen (secondary N) is 1. The van der Waals surface area contributed by atoms with Crippen molar-refractivity contribution in [2.75, 3.05) is 6.54 Å². The highest BCUT2D eigenvalue weighted by Crippen LogP contribution is 2.37. The summed E-state index contributed by atoms with van der Waals surface area (Å²) in [5.74, 6) is 0. The molecule has 1 nitrogen and oxygen atoms in total. The van der Waals surface area contributed by atoms with E-state index in [-0.39, 0.29) is 5.54 Å². The minimum absolute atomic E-state index is 0.113. The smallest absolute Gasteiger partial charge is 0.0564 e. The van der Waals surface area contributed by atoms with Gasteiger partial charge in [0.25, 0.3) is 0 Å². The van der Waals surface area contributed by atoms with Gasteiger partial charge in [-0.3, -0.25) is 0 Å². The molecule has 2 rings (SSSR count). The first kappa shape index (κ1) is 10.5. The lowest BCUT2D eigenvalue weighted by Gasteiger charge is -2.28. The van der Waals surface area contributed by atoms with Crippen molar-refractivity contribution >= 4 is 22.9 Å². The number of rotatable bonds is 1. The average molecular weight is 230 g/mol. The van der Waals surface area contributed by atoms with Crippen LogP contribution in [0.3, 0.4) is 0 Å². The van der Waals surface area contributed by atoms with Gasteiger partial charge in [0.1, 0.15) is 0 Å². The average Bonchev–Trinajstić information content (AvgIpc) is 2.46. The third-order valence-electron chi connectivity index (χ3n) is 2.99. The van der Waals surface area contributed by atoms with Crippen LogP contribution < -0.4 is 5.32 Å². The fourth-order valence-electron chi connectivity index (χ4n) is 2.11. The number of halogens is 1. The van der Waals surface area contributed by atoms with E-state index in [9.17, 15) is 0 Å². The summed E-state index contributed by atoms with van der Waals surface area (Å²) in [7, 11) is 0.